The molecule has 7 atom stereocenters. The zero-order valence-electron chi connectivity index (χ0n) is 17.7. The molecule has 4 rings (SSSR count). The van der Waals surface area contributed by atoms with Crippen LogP contribution in [0.4, 0.5) is 5.69 Å². The summed E-state index contributed by atoms with van der Waals surface area (Å²) < 4.78 is 28.6. The second-order valence-electron chi connectivity index (χ2n) is 8.44. The van der Waals surface area contributed by atoms with E-state index < -0.39 is 48.1 Å². The summed E-state index contributed by atoms with van der Waals surface area (Å²) in [6.07, 6.45) is 1.18. The first kappa shape index (κ1) is 21.1. The maximum absolute atomic E-state index is 13.0. The number of ether oxygens (including phenoxy) is 5. The number of benzene rings is 1. The Morgan fingerprint density at radius 1 is 1.17 bits per heavy atom. The fourth-order valence-corrected chi connectivity index (χ4v) is 4.31. The molecule has 1 aromatic rings. The lowest BCUT2D eigenvalue weighted by molar-refractivity contribution is -0.291. The van der Waals surface area contributed by atoms with Crippen LogP contribution in [0.25, 0.3) is 0 Å². The van der Waals surface area contributed by atoms with Crippen molar-refractivity contribution in [3.8, 4) is 18.1 Å². The van der Waals surface area contributed by atoms with Crippen LogP contribution < -0.4 is 9.64 Å². The molecule has 0 saturated carbocycles. The second kappa shape index (κ2) is 7.22. The average molecular weight is 417 g/mol. The maximum Gasteiger partial charge on any atom is 0.261 e. The van der Waals surface area contributed by atoms with Crippen molar-refractivity contribution in [2.24, 2.45) is 0 Å². The first-order valence-corrected chi connectivity index (χ1v) is 9.92. The fraction of sp³-hybridized carbons (Fsp3) is 0.591. The van der Waals surface area contributed by atoms with Gasteiger partial charge in [-0.05, 0) is 52.0 Å². The van der Waals surface area contributed by atoms with Crippen LogP contribution in [0.3, 0.4) is 0 Å². The molecule has 3 aliphatic rings. The van der Waals surface area contributed by atoms with Gasteiger partial charge in [-0.15, -0.1) is 6.42 Å². The third-order valence-electron chi connectivity index (χ3n) is 5.90. The maximum atomic E-state index is 13.0. The molecule has 3 fully saturated rings. The Balaban J connectivity index is 1.52. The lowest BCUT2D eigenvalue weighted by Gasteiger charge is -2.53. The summed E-state index contributed by atoms with van der Waals surface area (Å²) in [6.45, 7) is 7.11. The Hall–Kier alpha value is -2.15. The Bertz CT molecular complexity index is 863. The molecule has 0 unspecified atom stereocenters. The molecule has 3 aliphatic heterocycles. The van der Waals surface area contributed by atoms with Crippen LogP contribution in [0.5, 0.6) is 5.75 Å². The molecule has 0 bridgehead atoms. The van der Waals surface area contributed by atoms with E-state index in [1.165, 1.54) is 4.90 Å². The summed E-state index contributed by atoms with van der Waals surface area (Å²) in [6, 6.07) is 7.02. The van der Waals surface area contributed by atoms with Crippen LogP contribution in [-0.2, 0) is 23.7 Å². The largest absolute Gasteiger partial charge is 0.497 e. The molecule has 8 heteroatoms. The number of carbonyl (C=O) groups is 1. The van der Waals surface area contributed by atoms with Gasteiger partial charge in [0.2, 0.25) is 0 Å². The van der Waals surface area contributed by atoms with Gasteiger partial charge in [-0.2, -0.15) is 0 Å². The van der Waals surface area contributed by atoms with Gasteiger partial charge in [0, 0.05) is 5.69 Å². The number of terminal acetylenes is 1. The number of hydrogen-bond donors (Lipinski definition) is 1. The zero-order chi connectivity index (χ0) is 21.8. The van der Waals surface area contributed by atoms with E-state index in [4.69, 9.17) is 30.1 Å². The SMILES string of the molecule is C#C[C@@]1(C)[C@H](O[C@H]2O[C@@H](C)[C@H]3OC(C)(C)O[C@H]3[C@@H]2O)C(=O)N1c1ccc(OC)cc1. The lowest BCUT2D eigenvalue weighted by atomic mass is 9.82. The highest BCUT2D eigenvalue weighted by Crippen LogP contribution is 2.42. The normalized spacial score (nSPS) is 39.8. The lowest BCUT2D eigenvalue weighted by Crippen LogP contribution is -2.75. The van der Waals surface area contributed by atoms with E-state index in [0.717, 1.165) is 0 Å². The molecular formula is C22H27NO7. The summed E-state index contributed by atoms with van der Waals surface area (Å²) in [7, 11) is 1.57. The summed E-state index contributed by atoms with van der Waals surface area (Å²) >= 11 is 0. The van der Waals surface area contributed by atoms with E-state index >= 15 is 0 Å². The monoisotopic (exact) mass is 417 g/mol. The number of hydrogen-bond acceptors (Lipinski definition) is 7. The van der Waals surface area contributed by atoms with E-state index in [0.29, 0.717) is 11.4 Å². The Kier molecular flexibility index (Phi) is 5.08. The van der Waals surface area contributed by atoms with Crippen LogP contribution in [0, 0.1) is 12.3 Å². The van der Waals surface area contributed by atoms with Crippen molar-refractivity contribution in [2.45, 2.75) is 75.8 Å². The van der Waals surface area contributed by atoms with Gasteiger partial charge in [0.05, 0.1) is 13.2 Å². The summed E-state index contributed by atoms with van der Waals surface area (Å²) in [5, 5.41) is 10.8. The van der Waals surface area contributed by atoms with Crippen LogP contribution in [-0.4, -0.2) is 66.3 Å². The number of methoxy groups -OCH3 is 1. The minimum atomic E-state index is -1.13. The third kappa shape index (κ3) is 3.18. The third-order valence-corrected chi connectivity index (χ3v) is 5.90. The highest BCUT2D eigenvalue weighted by atomic mass is 16.8. The van der Waals surface area contributed by atoms with Crippen molar-refractivity contribution in [2.75, 3.05) is 12.0 Å². The Morgan fingerprint density at radius 3 is 2.40 bits per heavy atom. The molecular weight excluding hydrogens is 390 g/mol. The van der Waals surface area contributed by atoms with Crippen molar-refractivity contribution in [1.82, 2.24) is 0 Å². The predicted molar refractivity (Wildman–Crippen MR) is 107 cm³/mol. The summed E-state index contributed by atoms with van der Waals surface area (Å²) in [4.78, 5) is 14.5. The Morgan fingerprint density at radius 2 is 1.80 bits per heavy atom. The molecule has 1 amide bonds. The second-order valence-corrected chi connectivity index (χ2v) is 8.44. The van der Waals surface area contributed by atoms with Gasteiger partial charge in [0.15, 0.2) is 18.2 Å². The van der Waals surface area contributed by atoms with Gasteiger partial charge < -0.3 is 28.8 Å². The van der Waals surface area contributed by atoms with Crippen molar-refractivity contribution in [3.63, 3.8) is 0 Å². The molecule has 1 aromatic carbocycles. The number of fused-ring (bicyclic) bond motifs is 1. The van der Waals surface area contributed by atoms with Crippen LogP contribution in [0.1, 0.15) is 27.7 Å². The molecule has 162 valence electrons. The van der Waals surface area contributed by atoms with E-state index in [1.54, 1.807) is 52.1 Å². The highest BCUT2D eigenvalue weighted by Gasteiger charge is 2.61. The van der Waals surface area contributed by atoms with Crippen molar-refractivity contribution in [3.05, 3.63) is 24.3 Å². The summed E-state index contributed by atoms with van der Waals surface area (Å²) in [5.41, 5.74) is -0.407. The van der Waals surface area contributed by atoms with E-state index in [9.17, 15) is 9.90 Å². The van der Waals surface area contributed by atoms with Gasteiger partial charge >= 0.3 is 0 Å². The van der Waals surface area contributed by atoms with Gasteiger partial charge in [0.1, 0.15) is 29.6 Å². The number of nitrogens with zero attached hydrogens (tertiary/aromatic N) is 1. The van der Waals surface area contributed by atoms with E-state index in [-0.39, 0.29) is 5.91 Å². The van der Waals surface area contributed by atoms with E-state index in [1.807, 2.05) is 6.92 Å². The van der Waals surface area contributed by atoms with E-state index in [2.05, 4.69) is 5.92 Å². The topological polar surface area (TPSA) is 86.7 Å². The van der Waals surface area contributed by atoms with Crippen LogP contribution in [0.2, 0.25) is 0 Å². The molecule has 1 N–H and O–H groups in total. The number of rotatable bonds is 4. The van der Waals surface area contributed by atoms with Crippen molar-refractivity contribution >= 4 is 11.6 Å². The first-order chi connectivity index (χ1) is 14.1. The zero-order valence-corrected chi connectivity index (χ0v) is 17.7. The molecule has 0 radical (unpaired) electrons. The molecule has 3 heterocycles. The van der Waals surface area contributed by atoms with Gasteiger partial charge in [-0.25, -0.2) is 0 Å². The van der Waals surface area contributed by atoms with Crippen molar-refractivity contribution in [1.29, 1.82) is 0 Å². The predicted octanol–water partition coefficient (Wildman–Crippen LogP) is 1.44. The minimum absolute atomic E-state index is 0.310. The van der Waals surface area contributed by atoms with Crippen LogP contribution in [0.15, 0.2) is 24.3 Å². The number of β-lactam (4-membered cyclic amide) rings is 1. The number of amides is 1. The molecule has 0 spiro atoms. The summed E-state index contributed by atoms with van der Waals surface area (Å²) in [5.74, 6) is 2.19. The molecule has 0 aliphatic carbocycles. The number of carbonyl (C=O) groups excluding carboxylic acids is 1. The molecule has 0 aromatic heterocycles. The molecule has 30 heavy (non-hydrogen) atoms. The Labute approximate surface area is 176 Å². The molecule has 3 saturated heterocycles. The van der Waals surface area contributed by atoms with Gasteiger partial charge in [0.25, 0.3) is 5.91 Å². The minimum Gasteiger partial charge on any atom is -0.497 e. The van der Waals surface area contributed by atoms with Gasteiger partial charge in [-0.1, -0.05) is 5.92 Å². The number of anilines is 1. The van der Waals surface area contributed by atoms with Crippen molar-refractivity contribution < 1.29 is 33.6 Å². The van der Waals surface area contributed by atoms with Crippen LogP contribution >= 0.6 is 0 Å². The quantitative estimate of drug-likeness (QED) is 0.586. The standard InChI is InChI=1S/C22H27NO7/c1-7-22(5)18(19(25)23(22)13-8-10-14(26-6)11-9-13)28-20-15(24)17-16(12(2)27-20)29-21(3,4)30-17/h1,8-12,15-18,20,24H,2-6H3/t12-,15-,16+,17-,18+,20+,22-/m0/s1. The smallest absolute Gasteiger partial charge is 0.261 e. The van der Waals surface area contributed by atoms with Gasteiger partial charge in [-0.3, -0.25) is 9.69 Å². The average Bonchev–Trinajstić information content (AvgIpc) is 3.06. The molecule has 8 nitrogen and oxygen atoms in total. The highest BCUT2D eigenvalue weighted by molar-refractivity contribution is 6.08. The number of aliphatic hydroxyl groups is 1. The number of aliphatic hydroxyl groups excluding tert-OH is 1. The fourth-order valence-electron chi connectivity index (χ4n) is 4.31. The first-order valence-electron chi connectivity index (χ1n) is 9.92.